The first-order chi connectivity index (χ1) is 29.8. The molecule has 3 amide bonds. The molecule has 2 aromatic rings. The molecule has 332 valence electrons. The van der Waals surface area contributed by atoms with Gasteiger partial charge in [0.2, 0.25) is 17.8 Å². The van der Waals surface area contributed by atoms with Crippen LogP contribution in [0.5, 0.6) is 0 Å². The molecule has 0 bridgehead atoms. The van der Waals surface area contributed by atoms with Crippen molar-refractivity contribution in [2.24, 2.45) is 25.9 Å². The Balaban J connectivity index is 0.000000308. The number of hydrazone groups is 2. The molecule has 0 saturated heterocycles. The summed E-state index contributed by atoms with van der Waals surface area (Å²) in [5.41, 5.74) is 19.5. The van der Waals surface area contributed by atoms with Crippen LogP contribution in [0.3, 0.4) is 0 Å². The van der Waals surface area contributed by atoms with Crippen molar-refractivity contribution in [3.05, 3.63) is 106 Å². The molecule has 1 atom stereocenters. The van der Waals surface area contributed by atoms with Crippen LogP contribution in [-0.4, -0.2) is 84.3 Å². The second-order valence-electron chi connectivity index (χ2n) is 14.9. The fourth-order valence-corrected chi connectivity index (χ4v) is 6.02. The van der Waals surface area contributed by atoms with Gasteiger partial charge in [0.05, 0.1) is 35.2 Å². The van der Waals surface area contributed by atoms with Gasteiger partial charge in [0.25, 0.3) is 11.8 Å². The van der Waals surface area contributed by atoms with Gasteiger partial charge in [-0.2, -0.15) is 10.2 Å². The van der Waals surface area contributed by atoms with Gasteiger partial charge in [-0.05, 0) is 122 Å². The topological polar surface area (TPSA) is 210 Å². The van der Waals surface area contributed by atoms with Crippen molar-refractivity contribution in [3.63, 3.8) is 0 Å². The maximum atomic E-state index is 12.5. The zero-order valence-corrected chi connectivity index (χ0v) is 37.7. The Morgan fingerprint density at radius 1 is 0.919 bits per heavy atom. The molecule has 7 N–H and O–H groups in total. The number of unbranched alkanes of at least 4 members (excludes halogenated alkanes) is 1. The Bertz CT molecular complexity index is 2160. The molecule has 2 aromatic carbocycles. The van der Waals surface area contributed by atoms with Crippen molar-refractivity contribution >= 4 is 60.2 Å². The number of hydrogen-bond donors (Lipinski definition) is 6. The lowest BCUT2D eigenvalue weighted by molar-refractivity contribution is -0.116. The van der Waals surface area contributed by atoms with Gasteiger partial charge in [0.15, 0.2) is 0 Å². The number of hydrogen-bond acceptors (Lipinski definition) is 9. The Kier molecular flexibility index (Phi) is 19.7. The van der Waals surface area contributed by atoms with Gasteiger partial charge >= 0.3 is 0 Å². The van der Waals surface area contributed by atoms with Crippen LogP contribution in [0.2, 0.25) is 0 Å². The lowest BCUT2D eigenvalue weighted by Crippen LogP contribution is -2.42. The predicted molar refractivity (Wildman–Crippen MR) is 250 cm³/mol. The van der Waals surface area contributed by atoms with E-state index in [2.05, 4.69) is 81.1 Å². The second kappa shape index (κ2) is 24.5. The highest BCUT2D eigenvalue weighted by Crippen LogP contribution is 2.29. The van der Waals surface area contributed by atoms with Crippen LogP contribution >= 0.6 is 0 Å². The Labute approximate surface area is 366 Å². The first kappa shape index (κ1) is 49.7. The quantitative estimate of drug-likeness (QED) is 0.102. The van der Waals surface area contributed by atoms with Gasteiger partial charge < -0.3 is 26.5 Å². The highest BCUT2D eigenvalue weighted by atomic mass is 16.2. The number of amides is 3. The number of nitrogens with zero attached hydrogens (tertiary/aromatic N) is 6. The molecule has 16 heteroatoms. The fraction of sp³-hybridized carbons (Fsp3) is 0.391. The van der Waals surface area contributed by atoms with Crippen LogP contribution in [0.15, 0.2) is 104 Å². The Morgan fingerprint density at radius 2 is 1.50 bits per heavy atom. The maximum Gasteiger partial charge on any atom is 0.251 e. The molecular weight excluding hydrogens is 785 g/mol. The summed E-state index contributed by atoms with van der Waals surface area (Å²) in [5.74, 6) is 0.705. The monoisotopic (exact) mass is 849 g/mol. The standard InChI is InChI=1S/C23H30N6O2.C21H27N5O.CH5N.CH2O/c1-5-6-11-24-22(31)18-8-7-15(2)20(13-18)27-23-28-25-14-17(4)29(23)16(3)12-21(30)26-19-9-10-19;1-6-15(4)23-20(27)17-9-7-14(3)19(11-17)24-21-25-22-12-18-10-8-13(2)16(5)26(18)21;2*1-2/h7-8,12-14,19H,4-6,9-11H2,1-3H3,(H,24,31)(H,26,30)(H,27,28);7,9-12,15H,6,8H2,1-5H3,(H,23,27)(H,24,25);2H2,1H3;1H2/b16-12+;;;. The van der Waals surface area contributed by atoms with Crippen molar-refractivity contribution < 1.29 is 19.2 Å². The fourth-order valence-electron chi connectivity index (χ4n) is 6.02. The number of aliphatic imine (C=N–C) groups is 2. The summed E-state index contributed by atoms with van der Waals surface area (Å²) in [4.78, 5) is 58.4. The first-order valence-corrected chi connectivity index (χ1v) is 20.9. The van der Waals surface area contributed by atoms with Gasteiger partial charge in [0.1, 0.15) is 6.79 Å². The minimum absolute atomic E-state index is 0.0779. The lowest BCUT2D eigenvalue weighted by atomic mass is 10.1. The third-order valence-electron chi connectivity index (χ3n) is 10.1. The van der Waals surface area contributed by atoms with E-state index in [1.165, 1.54) is 18.7 Å². The summed E-state index contributed by atoms with van der Waals surface area (Å²) in [6.07, 6.45) is 12.9. The van der Waals surface area contributed by atoms with Crippen LogP contribution in [0.1, 0.15) is 112 Å². The summed E-state index contributed by atoms with van der Waals surface area (Å²) >= 11 is 0. The highest BCUT2D eigenvalue weighted by Gasteiger charge is 2.26. The van der Waals surface area contributed by atoms with Gasteiger partial charge in [0, 0.05) is 47.2 Å². The van der Waals surface area contributed by atoms with Gasteiger partial charge in [-0.1, -0.05) is 45.1 Å². The average molecular weight is 849 g/mol. The molecule has 1 aliphatic carbocycles. The van der Waals surface area contributed by atoms with Crippen molar-refractivity contribution in [2.45, 2.75) is 106 Å². The number of guanidine groups is 2. The largest absolute Gasteiger partial charge is 0.352 e. The van der Waals surface area contributed by atoms with Crippen molar-refractivity contribution in [3.8, 4) is 0 Å². The number of nitrogens with two attached hydrogens (primary N) is 1. The molecule has 0 spiro atoms. The molecule has 1 unspecified atom stereocenters. The molecule has 4 aliphatic rings. The van der Waals surface area contributed by atoms with Crippen LogP contribution in [-0.2, 0) is 9.59 Å². The first-order valence-electron chi connectivity index (χ1n) is 20.9. The summed E-state index contributed by atoms with van der Waals surface area (Å²) in [6, 6.07) is 11.4. The molecule has 3 aliphatic heterocycles. The summed E-state index contributed by atoms with van der Waals surface area (Å²) < 4.78 is 0. The minimum Gasteiger partial charge on any atom is -0.352 e. The zero-order valence-electron chi connectivity index (χ0n) is 37.7. The number of carbonyl (C=O) groups is 4. The van der Waals surface area contributed by atoms with Gasteiger partial charge in [-0.3, -0.25) is 24.2 Å². The van der Waals surface area contributed by atoms with Crippen LogP contribution in [0, 0.1) is 13.8 Å². The van der Waals surface area contributed by atoms with E-state index < -0.39 is 0 Å². The smallest absolute Gasteiger partial charge is 0.251 e. The Hall–Kier alpha value is -6.68. The van der Waals surface area contributed by atoms with Gasteiger partial charge in [-0.25, -0.2) is 20.8 Å². The molecule has 62 heavy (non-hydrogen) atoms. The van der Waals surface area contributed by atoms with Crippen molar-refractivity contribution in [1.82, 2.24) is 36.6 Å². The minimum atomic E-state index is -0.142. The Morgan fingerprint density at radius 3 is 2.10 bits per heavy atom. The molecule has 1 saturated carbocycles. The number of benzene rings is 2. The maximum absolute atomic E-state index is 12.5. The van der Waals surface area contributed by atoms with E-state index in [-0.39, 0.29) is 29.8 Å². The van der Waals surface area contributed by atoms with Crippen molar-refractivity contribution in [2.75, 3.05) is 13.6 Å². The lowest BCUT2D eigenvalue weighted by Gasteiger charge is -2.33. The summed E-state index contributed by atoms with van der Waals surface area (Å²) in [7, 11) is 1.50. The van der Waals surface area contributed by atoms with E-state index in [1.54, 1.807) is 29.5 Å². The summed E-state index contributed by atoms with van der Waals surface area (Å²) in [5, 5.41) is 17.2. The van der Waals surface area contributed by atoms with E-state index in [1.807, 2.05) is 65.7 Å². The normalized spacial score (nSPS) is 17.1. The van der Waals surface area contributed by atoms with Crippen LogP contribution in [0.25, 0.3) is 0 Å². The molecule has 6 rings (SSSR count). The van der Waals surface area contributed by atoms with E-state index in [4.69, 9.17) is 14.8 Å². The van der Waals surface area contributed by atoms with Crippen molar-refractivity contribution in [1.29, 1.82) is 0 Å². The number of carbonyl (C=O) groups excluding carboxylic acids is 4. The van der Waals surface area contributed by atoms with E-state index in [9.17, 15) is 14.4 Å². The highest BCUT2D eigenvalue weighted by molar-refractivity contribution is 6.00. The number of allylic oxidation sites excluding steroid dienone is 6. The second-order valence-corrected chi connectivity index (χ2v) is 14.9. The van der Waals surface area contributed by atoms with E-state index >= 15 is 0 Å². The van der Waals surface area contributed by atoms with Crippen LogP contribution < -0.4 is 32.5 Å². The summed E-state index contributed by atoms with van der Waals surface area (Å²) in [6.45, 7) is 22.7. The molecule has 1 fully saturated rings. The predicted octanol–water partition coefficient (Wildman–Crippen LogP) is 6.47. The molecule has 3 heterocycles. The van der Waals surface area contributed by atoms with Crippen LogP contribution in [0.4, 0.5) is 11.4 Å². The third kappa shape index (κ3) is 13.9. The molecule has 0 aromatic heterocycles. The average Bonchev–Trinajstić information content (AvgIpc) is 4.09. The SMILES string of the molecule is C=C1C=NNC(=Nc2cc(C(=O)NCCCC)ccc2C)N1/C(C)=C/C(=O)NC1CC1.C=O.CCC(C)NC(=O)c1ccc(C)c(N=C2NN=CC3=CCC(C)=C(C)N32)c1.CN. The number of rotatable bonds is 12. The number of nitrogens with one attached hydrogen (secondary N) is 5. The molecule has 16 nitrogen and oxygen atoms in total. The van der Waals surface area contributed by atoms with E-state index in [0.717, 1.165) is 66.7 Å². The molecule has 0 radical (unpaired) electrons. The zero-order chi connectivity index (χ0) is 45.9. The number of fused-ring (bicyclic) bond motifs is 1. The molecular formula is C46H64N12O4. The van der Waals surface area contributed by atoms with E-state index in [0.29, 0.717) is 46.7 Å². The van der Waals surface area contributed by atoms with Gasteiger partial charge in [-0.15, -0.1) is 0 Å². The third-order valence-corrected chi connectivity index (χ3v) is 10.1. The number of aryl methyl sites for hydroxylation is 2.